The zero-order valence-corrected chi connectivity index (χ0v) is 12.4. The van der Waals surface area contributed by atoms with Gasteiger partial charge < -0.3 is 14.5 Å². The Hall–Kier alpha value is -1.56. The summed E-state index contributed by atoms with van der Waals surface area (Å²) in [5.74, 6) is -0.873. The van der Waals surface area contributed by atoms with E-state index in [1.807, 2.05) is 0 Å². The number of nitrogens with zero attached hydrogens (tertiary/aromatic N) is 2. The number of rotatable bonds is 4. The van der Waals surface area contributed by atoms with E-state index in [4.69, 9.17) is 27.7 Å². The molecule has 0 aliphatic rings. The van der Waals surface area contributed by atoms with Crippen LogP contribution in [0.2, 0.25) is 10.0 Å². The molecule has 0 saturated carbocycles. The van der Waals surface area contributed by atoms with Gasteiger partial charge in [-0.15, -0.1) is 0 Å². The predicted octanol–water partition coefficient (Wildman–Crippen LogP) is 3.41. The fourth-order valence-electron chi connectivity index (χ4n) is 1.83. The van der Waals surface area contributed by atoms with Crippen LogP contribution in [0, 0.1) is 0 Å². The van der Waals surface area contributed by atoms with E-state index in [0.29, 0.717) is 22.2 Å². The van der Waals surface area contributed by atoms with E-state index in [0.717, 1.165) is 0 Å². The highest BCUT2D eigenvalue weighted by Gasteiger charge is 2.26. The second kappa shape index (κ2) is 5.83. The van der Waals surface area contributed by atoms with Gasteiger partial charge >= 0.3 is 5.97 Å². The molecular weight excluding hydrogens is 303 g/mol. The third-order valence-electron chi connectivity index (χ3n) is 2.64. The highest BCUT2D eigenvalue weighted by Crippen LogP contribution is 2.36. The minimum Gasteiger partial charge on any atom is -0.477 e. The van der Waals surface area contributed by atoms with Crippen LogP contribution in [0.3, 0.4) is 0 Å². The van der Waals surface area contributed by atoms with Gasteiger partial charge in [-0.2, -0.15) is 0 Å². The smallest absolute Gasteiger partial charge is 0.341 e. The topological polar surface area (TPSA) is 66.6 Å². The van der Waals surface area contributed by atoms with Crippen molar-refractivity contribution in [1.29, 1.82) is 0 Å². The molecule has 0 aliphatic heterocycles. The number of carbonyl (C=O) groups is 1. The predicted molar refractivity (Wildman–Crippen MR) is 76.3 cm³/mol. The summed E-state index contributed by atoms with van der Waals surface area (Å²) in [5, 5.41) is 13.9. The third kappa shape index (κ3) is 2.80. The number of carboxylic acids is 1. The minimum absolute atomic E-state index is 0.0197. The van der Waals surface area contributed by atoms with E-state index in [1.54, 1.807) is 37.2 Å². The molecule has 0 amide bonds. The van der Waals surface area contributed by atoms with E-state index in [-0.39, 0.29) is 17.0 Å². The van der Waals surface area contributed by atoms with Crippen molar-refractivity contribution in [3.05, 3.63) is 39.6 Å². The fourth-order valence-corrected chi connectivity index (χ4v) is 2.41. The van der Waals surface area contributed by atoms with Gasteiger partial charge in [-0.05, 0) is 26.2 Å². The Bertz CT molecular complexity index is 633. The Morgan fingerprint density at radius 2 is 1.95 bits per heavy atom. The van der Waals surface area contributed by atoms with Crippen molar-refractivity contribution >= 4 is 29.2 Å². The first-order valence-corrected chi connectivity index (χ1v) is 6.48. The standard InChI is InChI=1S/C13H12Cl2N2O3/c1-17(2)6-9-11(13(18)19)12(16-20-9)10-7(14)4-3-5-8(10)15/h3-5H,6H2,1-2H3,(H,18,19). The van der Waals surface area contributed by atoms with Crippen molar-refractivity contribution < 1.29 is 14.4 Å². The van der Waals surface area contributed by atoms with Crippen molar-refractivity contribution in [3.8, 4) is 11.3 Å². The molecule has 2 rings (SSSR count). The number of benzene rings is 1. The molecule has 1 heterocycles. The number of carboxylic acid groups (broad SMARTS) is 1. The molecule has 1 N–H and O–H groups in total. The fraction of sp³-hybridized carbons (Fsp3) is 0.231. The summed E-state index contributed by atoms with van der Waals surface area (Å²) in [4.78, 5) is 13.3. The summed E-state index contributed by atoms with van der Waals surface area (Å²) in [6, 6.07) is 4.92. The molecule has 0 spiro atoms. The van der Waals surface area contributed by atoms with E-state index in [2.05, 4.69) is 5.16 Å². The zero-order valence-electron chi connectivity index (χ0n) is 10.9. The Balaban J connectivity index is 2.63. The Morgan fingerprint density at radius 1 is 1.35 bits per heavy atom. The van der Waals surface area contributed by atoms with Crippen LogP contribution in [-0.4, -0.2) is 35.2 Å². The van der Waals surface area contributed by atoms with Crippen molar-refractivity contribution in [1.82, 2.24) is 10.1 Å². The van der Waals surface area contributed by atoms with Crippen LogP contribution in [0.15, 0.2) is 22.7 Å². The molecule has 0 aliphatic carbocycles. The number of hydrogen-bond acceptors (Lipinski definition) is 4. The lowest BCUT2D eigenvalue weighted by Crippen LogP contribution is -2.13. The Morgan fingerprint density at radius 3 is 2.45 bits per heavy atom. The van der Waals surface area contributed by atoms with Crippen LogP contribution < -0.4 is 0 Å². The third-order valence-corrected chi connectivity index (χ3v) is 3.27. The quantitative estimate of drug-likeness (QED) is 0.936. The van der Waals surface area contributed by atoms with Crippen LogP contribution in [0.1, 0.15) is 16.1 Å². The number of halogens is 2. The molecule has 0 fully saturated rings. The molecule has 106 valence electrons. The normalized spacial score (nSPS) is 11.1. The van der Waals surface area contributed by atoms with Gasteiger partial charge in [0.05, 0.1) is 16.6 Å². The average molecular weight is 315 g/mol. The molecule has 5 nitrogen and oxygen atoms in total. The summed E-state index contributed by atoms with van der Waals surface area (Å²) >= 11 is 12.2. The second-order valence-electron chi connectivity index (χ2n) is 4.47. The Labute approximate surface area is 125 Å². The molecule has 7 heteroatoms. The van der Waals surface area contributed by atoms with Crippen LogP contribution in [-0.2, 0) is 6.54 Å². The largest absolute Gasteiger partial charge is 0.477 e. The first-order chi connectivity index (χ1) is 9.41. The van der Waals surface area contributed by atoms with Gasteiger partial charge in [-0.25, -0.2) is 4.79 Å². The van der Waals surface area contributed by atoms with E-state index < -0.39 is 5.97 Å². The summed E-state index contributed by atoms with van der Waals surface area (Å²) in [6.07, 6.45) is 0. The number of aromatic nitrogens is 1. The molecule has 1 aromatic carbocycles. The lowest BCUT2D eigenvalue weighted by atomic mass is 10.1. The first-order valence-electron chi connectivity index (χ1n) is 5.72. The van der Waals surface area contributed by atoms with Crippen molar-refractivity contribution in [2.75, 3.05) is 14.1 Å². The van der Waals surface area contributed by atoms with Crippen LogP contribution in [0.5, 0.6) is 0 Å². The van der Waals surface area contributed by atoms with Gasteiger partial charge in [0.25, 0.3) is 0 Å². The summed E-state index contributed by atoms with van der Waals surface area (Å²) in [7, 11) is 3.60. The van der Waals surface area contributed by atoms with Gasteiger partial charge in [0.1, 0.15) is 11.3 Å². The van der Waals surface area contributed by atoms with Crippen molar-refractivity contribution in [2.24, 2.45) is 0 Å². The highest BCUT2D eigenvalue weighted by atomic mass is 35.5. The first kappa shape index (κ1) is 14.8. The number of aromatic carboxylic acids is 1. The van der Waals surface area contributed by atoms with Crippen LogP contribution in [0.25, 0.3) is 11.3 Å². The average Bonchev–Trinajstić information content (AvgIpc) is 2.71. The molecule has 20 heavy (non-hydrogen) atoms. The maximum Gasteiger partial charge on any atom is 0.341 e. The van der Waals surface area contributed by atoms with Gasteiger partial charge in [0, 0.05) is 5.56 Å². The maximum absolute atomic E-state index is 11.5. The molecule has 0 unspecified atom stereocenters. The molecular formula is C13H12Cl2N2O3. The Kier molecular flexibility index (Phi) is 4.32. The molecule has 0 radical (unpaired) electrons. The van der Waals surface area contributed by atoms with Gasteiger partial charge in [0.2, 0.25) is 0 Å². The lowest BCUT2D eigenvalue weighted by molar-refractivity contribution is 0.0694. The summed E-state index contributed by atoms with van der Waals surface area (Å²) < 4.78 is 5.14. The van der Waals surface area contributed by atoms with Crippen LogP contribution >= 0.6 is 23.2 Å². The van der Waals surface area contributed by atoms with E-state index in [9.17, 15) is 9.90 Å². The van der Waals surface area contributed by atoms with Gasteiger partial charge in [-0.1, -0.05) is 34.4 Å². The zero-order chi connectivity index (χ0) is 14.9. The van der Waals surface area contributed by atoms with E-state index in [1.165, 1.54) is 0 Å². The molecule has 0 saturated heterocycles. The maximum atomic E-state index is 11.5. The highest BCUT2D eigenvalue weighted by molar-refractivity contribution is 6.39. The van der Waals surface area contributed by atoms with Gasteiger partial charge in [-0.3, -0.25) is 0 Å². The van der Waals surface area contributed by atoms with Crippen LogP contribution in [0.4, 0.5) is 0 Å². The van der Waals surface area contributed by atoms with E-state index >= 15 is 0 Å². The summed E-state index contributed by atoms with van der Waals surface area (Å²) in [5.41, 5.74) is 0.487. The molecule has 0 bridgehead atoms. The van der Waals surface area contributed by atoms with Gasteiger partial charge in [0.15, 0.2) is 5.76 Å². The lowest BCUT2D eigenvalue weighted by Gasteiger charge is -2.07. The number of hydrogen-bond donors (Lipinski definition) is 1. The minimum atomic E-state index is -1.13. The van der Waals surface area contributed by atoms with Crippen molar-refractivity contribution in [3.63, 3.8) is 0 Å². The second-order valence-corrected chi connectivity index (χ2v) is 5.28. The molecule has 0 atom stereocenters. The molecule has 2 aromatic rings. The van der Waals surface area contributed by atoms with Crippen molar-refractivity contribution in [2.45, 2.75) is 6.54 Å². The molecule has 1 aromatic heterocycles. The monoisotopic (exact) mass is 314 g/mol. The SMILES string of the molecule is CN(C)Cc1onc(-c2c(Cl)cccc2Cl)c1C(=O)O. The summed E-state index contributed by atoms with van der Waals surface area (Å²) in [6.45, 7) is 0.316.